The molecule has 1 aromatic heterocycles. The van der Waals surface area contributed by atoms with Crippen molar-refractivity contribution in [2.75, 3.05) is 5.73 Å². The molecule has 2 rings (SSSR count). The van der Waals surface area contributed by atoms with Gasteiger partial charge in [0.15, 0.2) is 5.82 Å². The third-order valence-electron chi connectivity index (χ3n) is 1.86. The van der Waals surface area contributed by atoms with E-state index < -0.39 is 0 Å². The Kier molecular flexibility index (Phi) is 1.73. The minimum absolute atomic E-state index is 0.737. The topological polar surface area (TPSA) is 56.7 Å². The normalized spacial score (nSPS) is 10.2. The van der Waals surface area contributed by atoms with Gasteiger partial charge in [0.25, 0.3) is 0 Å². The first-order valence-corrected chi connectivity index (χ1v) is 3.97. The van der Waals surface area contributed by atoms with E-state index >= 15 is 0 Å². The average Bonchev–Trinajstić information content (AvgIpc) is 2.51. The minimum Gasteiger partial charge on any atom is -0.399 e. The maximum Gasteiger partial charge on any atom is 0.163 e. The number of nitrogens with zero attached hydrogens (tertiary/aromatic N) is 3. The largest absolute Gasteiger partial charge is 0.399 e. The summed E-state index contributed by atoms with van der Waals surface area (Å²) in [6.07, 6.45) is 1.67. The van der Waals surface area contributed by atoms with E-state index in [9.17, 15) is 0 Å². The molecule has 0 aliphatic heterocycles. The summed E-state index contributed by atoms with van der Waals surface area (Å²) in [7, 11) is 1.90. The molecule has 0 radical (unpaired) electrons. The number of aromatic nitrogens is 3. The predicted molar refractivity (Wildman–Crippen MR) is 50.9 cm³/mol. The maximum atomic E-state index is 5.66. The molecule has 4 nitrogen and oxygen atoms in total. The van der Waals surface area contributed by atoms with Gasteiger partial charge in [-0.25, -0.2) is 0 Å². The molecule has 66 valence electrons. The summed E-state index contributed by atoms with van der Waals surface area (Å²) in [5, 5.41) is 7.78. The Balaban J connectivity index is 2.53. The fraction of sp³-hybridized carbons (Fsp3) is 0.111. The molecule has 0 amide bonds. The molecule has 0 bridgehead atoms. The third-order valence-corrected chi connectivity index (χ3v) is 1.86. The monoisotopic (exact) mass is 174 g/mol. The molecule has 1 heterocycles. The van der Waals surface area contributed by atoms with Gasteiger partial charge in [-0.05, 0) is 12.1 Å². The van der Waals surface area contributed by atoms with Crippen LogP contribution in [-0.2, 0) is 7.05 Å². The smallest absolute Gasteiger partial charge is 0.163 e. The van der Waals surface area contributed by atoms with Gasteiger partial charge in [0.1, 0.15) is 6.33 Å². The van der Waals surface area contributed by atoms with Crippen molar-refractivity contribution in [3.05, 3.63) is 30.6 Å². The number of nitrogen functional groups attached to an aromatic ring is 1. The van der Waals surface area contributed by atoms with Crippen LogP contribution >= 0.6 is 0 Å². The highest BCUT2D eigenvalue weighted by atomic mass is 15.2. The molecule has 0 saturated carbocycles. The Hall–Kier alpha value is -1.84. The molecule has 2 N–H and O–H groups in total. The molecule has 0 saturated heterocycles. The molecular weight excluding hydrogens is 164 g/mol. The van der Waals surface area contributed by atoms with Crippen molar-refractivity contribution in [3.8, 4) is 11.4 Å². The van der Waals surface area contributed by atoms with Gasteiger partial charge in [0.05, 0.1) is 0 Å². The Morgan fingerprint density at radius 3 is 2.85 bits per heavy atom. The Bertz CT molecular complexity index is 419. The number of benzene rings is 1. The van der Waals surface area contributed by atoms with Crippen LogP contribution in [0, 0.1) is 0 Å². The van der Waals surface area contributed by atoms with Crippen molar-refractivity contribution in [3.63, 3.8) is 0 Å². The average molecular weight is 174 g/mol. The summed E-state index contributed by atoms with van der Waals surface area (Å²) in [6, 6.07) is 7.59. The molecule has 0 atom stereocenters. The number of hydrogen-bond acceptors (Lipinski definition) is 3. The van der Waals surface area contributed by atoms with Crippen molar-refractivity contribution < 1.29 is 0 Å². The van der Waals surface area contributed by atoms with Crippen molar-refractivity contribution in [2.24, 2.45) is 7.05 Å². The summed E-state index contributed by atoms with van der Waals surface area (Å²) >= 11 is 0. The molecule has 2 aromatic rings. The van der Waals surface area contributed by atoms with Gasteiger partial charge < -0.3 is 10.3 Å². The van der Waals surface area contributed by atoms with Crippen LogP contribution in [0.5, 0.6) is 0 Å². The standard InChI is InChI=1S/C9H10N4/c1-13-6-11-12-9(13)7-3-2-4-8(10)5-7/h2-6H,10H2,1H3. The SMILES string of the molecule is Cn1cnnc1-c1cccc(N)c1. The lowest BCUT2D eigenvalue weighted by Gasteiger charge is -2.00. The highest BCUT2D eigenvalue weighted by Crippen LogP contribution is 2.17. The first-order chi connectivity index (χ1) is 6.27. The van der Waals surface area contributed by atoms with Gasteiger partial charge in [0.2, 0.25) is 0 Å². The molecule has 13 heavy (non-hydrogen) atoms. The molecule has 4 heteroatoms. The van der Waals surface area contributed by atoms with E-state index in [-0.39, 0.29) is 0 Å². The molecule has 1 aromatic carbocycles. The lowest BCUT2D eigenvalue weighted by atomic mass is 10.2. The summed E-state index contributed by atoms with van der Waals surface area (Å²) in [6.45, 7) is 0. The number of hydrogen-bond donors (Lipinski definition) is 1. The zero-order chi connectivity index (χ0) is 9.26. The molecule has 0 unspecified atom stereocenters. The van der Waals surface area contributed by atoms with Crippen LogP contribution in [0.2, 0.25) is 0 Å². The van der Waals surface area contributed by atoms with Crippen LogP contribution in [0.3, 0.4) is 0 Å². The van der Waals surface area contributed by atoms with E-state index in [2.05, 4.69) is 10.2 Å². The number of rotatable bonds is 1. The van der Waals surface area contributed by atoms with Crippen molar-refractivity contribution in [1.82, 2.24) is 14.8 Å². The van der Waals surface area contributed by atoms with Gasteiger partial charge >= 0.3 is 0 Å². The summed E-state index contributed by atoms with van der Waals surface area (Å²) in [5.74, 6) is 0.826. The van der Waals surface area contributed by atoms with Crippen LogP contribution in [0.4, 0.5) is 5.69 Å². The lowest BCUT2D eigenvalue weighted by Crippen LogP contribution is -1.92. The maximum absolute atomic E-state index is 5.66. The van der Waals surface area contributed by atoms with E-state index in [1.165, 1.54) is 0 Å². The summed E-state index contributed by atoms with van der Waals surface area (Å²) < 4.78 is 1.86. The number of aryl methyl sites for hydroxylation is 1. The highest BCUT2D eigenvalue weighted by Gasteiger charge is 2.03. The van der Waals surface area contributed by atoms with E-state index in [1.807, 2.05) is 35.9 Å². The van der Waals surface area contributed by atoms with Crippen LogP contribution in [0.1, 0.15) is 0 Å². The first kappa shape index (κ1) is 7.79. The Morgan fingerprint density at radius 2 is 2.23 bits per heavy atom. The second-order valence-corrected chi connectivity index (χ2v) is 2.89. The van der Waals surface area contributed by atoms with Gasteiger partial charge in [-0.1, -0.05) is 12.1 Å². The molecule has 0 aliphatic rings. The zero-order valence-corrected chi connectivity index (χ0v) is 7.31. The molecule has 0 aliphatic carbocycles. The summed E-state index contributed by atoms with van der Waals surface area (Å²) in [4.78, 5) is 0. The van der Waals surface area contributed by atoms with E-state index in [0.717, 1.165) is 17.1 Å². The molecule has 0 fully saturated rings. The van der Waals surface area contributed by atoms with Gasteiger partial charge in [-0.2, -0.15) is 0 Å². The van der Waals surface area contributed by atoms with Crippen molar-refractivity contribution >= 4 is 5.69 Å². The van der Waals surface area contributed by atoms with Crippen LogP contribution in [0.15, 0.2) is 30.6 Å². The van der Waals surface area contributed by atoms with Crippen LogP contribution in [0.25, 0.3) is 11.4 Å². The number of nitrogens with two attached hydrogens (primary N) is 1. The van der Waals surface area contributed by atoms with E-state index in [4.69, 9.17) is 5.73 Å². The Labute approximate surface area is 76.0 Å². The summed E-state index contributed by atoms with van der Waals surface area (Å²) in [5.41, 5.74) is 7.38. The fourth-order valence-corrected chi connectivity index (χ4v) is 1.22. The van der Waals surface area contributed by atoms with Crippen LogP contribution < -0.4 is 5.73 Å². The predicted octanol–water partition coefficient (Wildman–Crippen LogP) is 1.06. The van der Waals surface area contributed by atoms with Gasteiger partial charge in [-0.3, -0.25) is 0 Å². The fourth-order valence-electron chi connectivity index (χ4n) is 1.22. The number of anilines is 1. The van der Waals surface area contributed by atoms with E-state index in [1.54, 1.807) is 6.33 Å². The van der Waals surface area contributed by atoms with Crippen molar-refractivity contribution in [1.29, 1.82) is 0 Å². The molecule has 0 spiro atoms. The lowest BCUT2D eigenvalue weighted by molar-refractivity contribution is 0.920. The quantitative estimate of drug-likeness (QED) is 0.658. The minimum atomic E-state index is 0.737. The van der Waals surface area contributed by atoms with Crippen molar-refractivity contribution in [2.45, 2.75) is 0 Å². The second kappa shape index (κ2) is 2.90. The molecular formula is C9H10N4. The first-order valence-electron chi connectivity index (χ1n) is 3.97. The van der Waals surface area contributed by atoms with Gasteiger partial charge in [-0.15, -0.1) is 10.2 Å². The van der Waals surface area contributed by atoms with Crippen LogP contribution in [-0.4, -0.2) is 14.8 Å². The third kappa shape index (κ3) is 1.38. The zero-order valence-electron chi connectivity index (χ0n) is 7.31. The van der Waals surface area contributed by atoms with E-state index in [0.29, 0.717) is 0 Å². The highest BCUT2D eigenvalue weighted by molar-refractivity contribution is 5.60. The van der Waals surface area contributed by atoms with Gasteiger partial charge in [0, 0.05) is 18.3 Å². The Morgan fingerprint density at radius 1 is 1.38 bits per heavy atom. The second-order valence-electron chi connectivity index (χ2n) is 2.89.